The number of carbonyl (C=O) groups is 1. The SMILES string of the molecule is CN(C1CCSC1)C1COCC1C(=O)O. The average Bonchev–Trinajstić information content (AvgIpc) is 2.88. The number of likely N-dealkylation sites (N-methyl/N-ethyl adjacent to an activating group) is 1. The van der Waals surface area contributed by atoms with E-state index in [-0.39, 0.29) is 12.0 Å². The van der Waals surface area contributed by atoms with Crippen LogP contribution >= 0.6 is 11.8 Å². The van der Waals surface area contributed by atoms with E-state index in [0.29, 0.717) is 19.3 Å². The molecule has 0 bridgehead atoms. The van der Waals surface area contributed by atoms with Crippen molar-refractivity contribution in [2.24, 2.45) is 5.92 Å². The third kappa shape index (κ3) is 2.29. The molecule has 5 heteroatoms. The smallest absolute Gasteiger partial charge is 0.310 e. The lowest BCUT2D eigenvalue weighted by Gasteiger charge is -2.31. The van der Waals surface area contributed by atoms with E-state index in [9.17, 15) is 4.79 Å². The molecule has 0 saturated carbocycles. The highest BCUT2D eigenvalue weighted by atomic mass is 32.2. The number of hydrogen-bond acceptors (Lipinski definition) is 4. The summed E-state index contributed by atoms with van der Waals surface area (Å²) in [6.45, 7) is 0.929. The minimum absolute atomic E-state index is 0.0613. The molecule has 3 atom stereocenters. The molecule has 0 radical (unpaired) electrons. The number of hydrogen-bond donors (Lipinski definition) is 1. The van der Waals surface area contributed by atoms with Crippen molar-refractivity contribution in [3.63, 3.8) is 0 Å². The van der Waals surface area contributed by atoms with Gasteiger partial charge in [0.15, 0.2) is 0 Å². The van der Waals surface area contributed by atoms with Crippen LogP contribution in [-0.2, 0) is 9.53 Å². The first-order valence-electron chi connectivity index (χ1n) is 5.30. The summed E-state index contributed by atoms with van der Waals surface area (Å²) in [5, 5.41) is 9.06. The van der Waals surface area contributed by atoms with Gasteiger partial charge < -0.3 is 9.84 Å². The third-order valence-corrected chi connectivity index (χ3v) is 4.52. The molecule has 0 aromatic rings. The van der Waals surface area contributed by atoms with E-state index in [2.05, 4.69) is 4.90 Å². The molecule has 86 valence electrons. The van der Waals surface area contributed by atoms with Crippen molar-refractivity contribution >= 4 is 17.7 Å². The number of nitrogens with zero attached hydrogens (tertiary/aromatic N) is 1. The molecule has 2 aliphatic rings. The summed E-state index contributed by atoms with van der Waals surface area (Å²) in [5.74, 6) is 1.25. The monoisotopic (exact) mass is 231 g/mol. The topological polar surface area (TPSA) is 49.8 Å². The maximum absolute atomic E-state index is 11.0. The second-order valence-corrected chi connectivity index (χ2v) is 5.38. The second-order valence-electron chi connectivity index (χ2n) is 4.23. The van der Waals surface area contributed by atoms with E-state index in [1.165, 1.54) is 12.2 Å². The maximum Gasteiger partial charge on any atom is 0.310 e. The van der Waals surface area contributed by atoms with E-state index in [0.717, 1.165) is 5.75 Å². The number of aliphatic carboxylic acids is 1. The van der Waals surface area contributed by atoms with Gasteiger partial charge >= 0.3 is 5.97 Å². The van der Waals surface area contributed by atoms with Gasteiger partial charge in [-0.15, -0.1) is 0 Å². The number of carboxylic acids is 1. The van der Waals surface area contributed by atoms with Gasteiger partial charge in [0.05, 0.1) is 19.1 Å². The Hall–Kier alpha value is -0.260. The number of carboxylic acid groups (broad SMARTS) is 1. The highest BCUT2D eigenvalue weighted by Gasteiger charge is 2.39. The first-order valence-corrected chi connectivity index (χ1v) is 6.46. The van der Waals surface area contributed by atoms with Crippen molar-refractivity contribution < 1.29 is 14.6 Å². The maximum atomic E-state index is 11.0. The summed E-state index contributed by atoms with van der Waals surface area (Å²) in [6.07, 6.45) is 1.17. The largest absolute Gasteiger partial charge is 0.481 e. The zero-order valence-corrected chi connectivity index (χ0v) is 9.70. The fourth-order valence-corrected chi connectivity index (χ4v) is 3.57. The third-order valence-electron chi connectivity index (χ3n) is 3.37. The summed E-state index contributed by atoms with van der Waals surface area (Å²) in [5.41, 5.74) is 0. The Bertz CT molecular complexity index is 243. The molecule has 0 spiro atoms. The van der Waals surface area contributed by atoms with E-state index in [4.69, 9.17) is 9.84 Å². The van der Waals surface area contributed by atoms with Crippen LogP contribution in [0.25, 0.3) is 0 Å². The van der Waals surface area contributed by atoms with Crippen molar-refractivity contribution in [3.05, 3.63) is 0 Å². The van der Waals surface area contributed by atoms with Gasteiger partial charge in [0.2, 0.25) is 0 Å². The summed E-state index contributed by atoms with van der Waals surface area (Å²) >= 11 is 1.95. The number of ether oxygens (including phenoxy) is 1. The van der Waals surface area contributed by atoms with Crippen LogP contribution < -0.4 is 0 Å². The zero-order chi connectivity index (χ0) is 10.8. The van der Waals surface area contributed by atoms with E-state index >= 15 is 0 Å². The molecule has 2 heterocycles. The zero-order valence-electron chi connectivity index (χ0n) is 8.89. The van der Waals surface area contributed by atoms with Gasteiger partial charge in [-0.3, -0.25) is 9.69 Å². The Morgan fingerprint density at radius 2 is 2.33 bits per heavy atom. The Morgan fingerprint density at radius 3 is 2.93 bits per heavy atom. The van der Waals surface area contributed by atoms with Gasteiger partial charge in [-0.1, -0.05) is 0 Å². The van der Waals surface area contributed by atoms with Crippen LogP contribution in [0, 0.1) is 5.92 Å². The Kier molecular flexibility index (Phi) is 3.53. The predicted molar refractivity (Wildman–Crippen MR) is 59.2 cm³/mol. The van der Waals surface area contributed by atoms with Crippen LogP contribution in [0.4, 0.5) is 0 Å². The second kappa shape index (κ2) is 4.72. The number of thioether (sulfide) groups is 1. The normalized spacial score (nSPS) is 36.3. The molecule has 2 rings (SSSR count). The van der Waals surface area contributed by atoms with Crippen molar-refractivity contribution in [3.8, 4) is 0 Å². The van der Waals surface area contributed by atoms with Crippen molar-refractivity contribution in [1.29, 1.82) is 0 Å². The highest BCUT2D eigenvalue weighted by Crippen LogP contribution is 2.27. The van der Waals surface area contributed by atoms with Crippen LogP contribution in [0.15, 0.2) is 0 Å². The first-order chi connectivity index (χ1) is 7.20. The van der Waals surface area contributed by atoms with E-state index in [1.54, 1.807) is 0 Å². The van der Waals surface area contributed by atoms with E-state index < -0.39 is 5.97 Å². The molecule has 2 fully saturated rings. The summed E-state index contributed by atoms with van der Waals surface area (Å²) in [7, 11) is 2.03. The van der Waals surface area contributed by atoms with Gasteiger partial charge in [0.25, 0.3) is 0 Å². The fourth-order valence-electron chi connectivity index (χ4n) is 2.29. The van der Waals surface area contributed by atoms with E-state index in [1.807, 2.05) is 18.8 Å². The lowest BCUT2D eigenvalue weighted by molar-refractivity contribution is -0.143. The molecule has 3 unspecified atom stereocenters. The van der Waals surface area contributed by atoms with Crippen LogP contribution in [0.3, 0.4) is 0 Å². The highest BCUT2D eigenvalue weighted by molar-refractivity contribution is 7.99. The van der Waals surface area contributed by atoms with Crippen molar-refractivity contribution in [2.75, 3.05) is 31.8 Å². The molecule has 1 N–H and O–H groups in total. The summed E-state index contributed by atoms with van der Waals surface area (Å²) in [4.78, 5) is 13.2. The van der Waals surface area contributed by atoms with Crippen LogP contribution in [-0.4, -0.2) is 59.8 Å². The average molecular weight is 231 g/mol. The summed E-state index contributed by atoms with van der Waals surface area (Å²) in [6, 6.07) is 0.592. The van der Waals surface area contributed by atoms with Crippen LogP contribution in [0.5, 0.6) is 0 Å². The molecule has 0 aliphatic carbocycles. The fraction of sp³-hybridized carbons (Fsp3) is 0.900. The Morgan fingerprint density at radius 1 is 1.53 bits per heavy atom. The lowest BCUT2D eigenvalue weighted by atomic mass is 10.0. The lowest BCUT2D eigenvalue weighted by Crippen LogP contribution is -2.46. The summed E-state index contributed by atoms with van der Waals surface area (Å²) < 4.78 is 5.28. The minimum atomic E-state index is -0.727. The van der Waals surface area contributed by atoms with Crippen molar-refractivity contribution in [2.45, 2.75) is 18.5 Å². The minimum Gasteiger partial charge on any atom is -0.481 e. The Labute approximate surface area is 94.0 Å². The van der Waals surface area contributed by atoms with Gasteiger partial charge in [-0.25, -0.2) is 0 Å². The van der Waals surface area contributed by atoms with Gasteiger partial charge in [-0.2, -0.15) is 11.8 Å². The molecular weight excluding hydrogens is 214 g/mol. The predicted octanol–water partition coefficient (Wildman–Crippen LogP) is 0.523. The first kappa shape index (κ1) is 11.2. The van der Waals surface area contributed by atoms with Crippen LogP contribution in [0.2, 0.25) is 0 Å². The van der Waals surface area contributed by atoms with Gasteiger partial charge in [0, 0.05) is 17.8 Å². The standard InChI is InChI=1S/C10H17NO3S/c1-11(7-2-3-15-6-7)9-5-14-4-8(9)10(12)13/h7-9H,2-6H2,1H3,(H,12,13). The quantitative estimate of drug-likeness (QED) is 0.767. The molecular formula is C10H17NO3S. The van der Waals surface area contributed by atoms with Gasteiger partial charge in [0.1, 0.15) is 0 Å². The molecule has 2 saturated heterocycles. The Balaban J connectivity index is 1.98. The van der Waals surface area contributed by atoms with Crippen molar-refractivity contribution in [1.82, 2.24) is 4.90 Å². The molecule has 2 aliphatic heterocycles. The molecule has 0 aromatic heterocycles. The molecule has 15 heavy (non-hydrogen) atoms. The molecule has 0 aromatic carbocycles. The molecule has 0 amide bonds. The number of rotatable bonds is 3. The molecule has 4 nitrogen and oxygen atoms in total. The van der Waals surface area contributed by atoms with Gasteiger partial charge in [-0.05, 0) is 19.2 Å². The van der Waals surface area contributed by atoms with Crippen LogP contribution in [0.1, 0.15) is 6.42 Å².